The molecular formula is C15H16F3N5O2. The van der Waals surface area contributed by atoms with E-state index in [1.165, 1.54) is 12.3 Å². The van der Waals surface area contributed by atoms with Crippen LogP contribution in [0.3, 0.4) is 0 Å². The van der Waals surface area contributed by atoms with Crippen LogP contribution in [0.1, 0.15) is 37.3 Å². The highest BCUT2D eigenvalue weighted by Crippen LogP contribution is 2.29. The normalized spacial score (nSPS) is 15.3. The molecule has 2 amide bonds. The molecule has 0 unspecified atom stereocenters. The van der Waals surface area contributed by atoms with Gasteiger partial charge in [-0.15, -0.1) is 0 Å². The Morgan fingerprint density at radius 1 is 1.28 bits per heavy atom. The van der Waals surface area contributed by atoms with E-state index >= 15 is 0 Å². The Kier molecular flexibility index (Phi) is 4.86. The molecule has 2 aromatic rings. The van der Waals surface area contributed by atoms with Crippen molar-refractivity contribution >= 4 is 6.03 Å². The van der Waals surface area contributed by atoms with E-state index < -0.39 is 12.1 Å². The van der Waals surface area contributed by atoms with E-state index in [1.807, 2.05) is 0 Å². The molecule has 1 saturated carbocycles. The molecule has 0 aliphatic heterocycles. The van der Waals surface area contributed by atoms with Gasteiger partial charge >= 0.3 is 18.1 Å². The number of amides is 2. The third-order valence-electron chi connectivity index (χ3n) is 3.87. The molecule has 0 bridgehead atoms. The van der Waals surface area contributed by atoms with Crippen molar-refractivity contribution in [2.24, 2.45) is 0 Å². The van der Waals surface area contributed by atoms with Gasteiger partial charge in [0, 0.05) is 17.8 Å². The van der Waals surface area contributed by atoms with Crippen LogP contribution in [0.25, 0.3) is 11.4 Å². The van der Waals surface area contributed by atoms with Crippen molar-refractivity contribution in [1.29, 1.82) is 0 Å². The SMILES string of the molecule is O=C(NCc1ccc(-c2noc(C(F)(F)F)n2)cn1)NC1CCCC1. The first-order chi connectivity index (χ1) is 11.9. The molecule has 0 radical (unpaired) electrons. The summed E-state index contributed by atoms with van der Waals surface area (Å²) in [5.41, 5.74) is 0.850. The Bertz CT molecular complexity index is 724. The average Bonchev–Trinajstić information content (AvgIpc) is 3.24. The minimum Gasteiger partial charge on any atom is -0.335 e. The number of carbonyl (C=O) groups is 1. The lowest BCUT2D eigenvalue weighted by atomic mass is 10.2. The van der Waals surface area contributed by atoms with Crippen molar-refractivity contribution in [2.45, 2.75) is 44.4 Å². The van der Waals surface area contributed by atoms with Gasteiger partial charge in [-0.2, -0.15) is 18.2 Å². The molecule has 1 aliphatic carbocycles. The van der Waals surface area contributed by atoms with Crippen LogP contribution in [-0.4, -0.2) is 27.2 Å². The average molecular weight is 355 g/mol. The lowest BCUT2D eigenvalue weighted by Gasteiger charge is -2.12. The molecule has 2 heterocycles. The van der Waals surface area contributed by atoms with E-state index in [2.05, 4.69) is 30.3 Å². The van der Waals surface area contributed by atoms with Crippen molar-refractivity contribution in [2.75, 3.05) is 0 Å². The lowest BCUT2D eigenvalue weighted by Crippen LogP contribution is -2.40. The number of rotatable bonds is 4. The Labute approximate surface area is 141 Å². The molecule has 7 nitrogen and oxygen atoms in total. The van der Waals surface area contributed by atoms with Crippen molar-refractivity contribution in [1.82, 2.24) is 25.8 Å². The number of hydrogen-bond acceptors (Lipinski definition) is 5. The summed E-state index contributed by atoms with van der Waals surface area (Å²) in [5, 5.41) is 8.87. The highest BCUT2D eigenvalue weighted by atomic mass is 19.4. The van der Waals surface area contributed by atoms with Gasteiger partial charge in [0.25, 0.3) is 0 Å². The first-order valence-electron chi connectivity index (χ1n) is 7.82. The molecule has 0 aromatic carbocycles. The maximum Gasteiger partial charge on any atom is 0.471 e. The molecule has 2 aromatic heterocycles. The topological polar surface area (TPSA) is 92.9 Å². The van der Waals surface area contributed by atoms with Crippen LogP contribution in [0.4, 0.5) is 18.0 Å². The summed E-state index contributed by atoms with van der Waals surface area (Å²) in [4.78, 5) is 19.1. The van der Waals surface area contributed by atoms with E-state index in [0.717, 1.165) is 25.7 Å². The number of urea groups is 1. The lowest BCUT2D eigenvalue weighted by molar-refractivity contribution is -0.159. The molecule has 0 saturated heterocycles. The van der Waals surface area contributed by atoms with Crippen LogP contribution in [0.15, 0.2) is 22.9 Å². The van der Waals surface area contributed by atoms with Gasteiger partial charge in [0.15, 0.2) is 0 Å². The number of carbonyl (C=O) groups excluding carboxylic acids is 1. The highest BCUT2D eigenvalue weighted by molar-refractivity contribution is 5.74. The molecule has 0 spiro atoms. The molecule has 0 atom stereocenters. The maximum absolute atomic E-state index is 12.4. The van der Waals surface area contributed by atoms with Crippen LogP contribution >= 0.6 is 0 Å². The van der Waals surface area contributed by atoms with Crippen molar-refractivity contribution in [3.05, 3.63) is 29.9 Å². The van der Waals surface area contributed by atoms with E-state index in [4.69, 9.17) is 0 Å². The largest absolute Gasteiger partial charge is 0.471 e. The standard InChI is InChI=1S/C15H16F3N5O2/c16-15(17,18)13-22-12(23-25-13)9-5-6-11(19-7-9)8-20-14(24)21-10-3-1-2-4-10/h5-7,10H,1-4,8H2,(H2,20,21,24). The monoisotopic (exact) mass is 355 g/mol. The van der Waals surface area contributed by atoms with Gasteiger partial charge < -0.3 is 15.2 Å². The summed E-state index contributed by atoms with van der Waals surface area (Å²) < 4.78 is 41.5. The predicted molar refractivity (Wildman–Crippen MR) is 80.2 cm³/mol. The van der Waals surface area contributed by atoms with E-state index in [1.54, 1.807) is 6.07 Å². The Morgan fingerprint density at radius 3 is 2.64 bits per heavy atom. The summed E-state index contributed by atoms with van der Waals surface area (Å²) in [6, 6.07) is 3.06. The quantitative estimate of drug-likeness (QED) is 0.880. The minimum absolute atomic E-state index is 0.196. The summed E-state index contributed by atoms with van der Waals surface area (Å²) >= 11 is 0. The fourth-order valence-corrected chi connectivity index (χ4v) is 2.59. The number of pyridine rings is 1. The second-order valence-electron chi connectivity index (χ2n) is 5.77. The zero-order valence-corrected chi connectivity index (χ0v) is 13.1. The smallest absolute Gasteiger partial charge is 0.335 e. The van der Waals surface area contributed by atoms with Crippen molar-refractivity contribution in [3.63, 3.8) is 0 Å². The summed E-state index contributed by atoms with van der Waals surface area (Å²) in [6.07, 6.45) is 0.877. The summed E-state index contributed by atoms with van der Waals surface area (Å²) in [6.45, 7) is 0.207. The van der Waals surface area contributed by atoms with Gasteiger partial charge in [0.1, 0.15) is 0 Å². The first-order valence-corrected chi connectivity index (χ1v) is 7.82. The number of aromatic nitrogens is 3. The molecule has 1 aliphatic rings. The first kappa shape index (κ1) is 17.2. The van der Waals surface area contributed by atoms with Gasteiger partial charge in [-0.05, 0) is 25.0 Å². The van der Waals surface area contributed by atoms with Crippen LogP contribution < -0.4 is 10.6 Å². The molecule has 10 heteroatoms. The molecule has 134 valence electrons. The van der Waals surface area contributed by atoms with Gasteiger partial charge in [-0.25, -0.2) is 4.79 Å². The number of nitrogens with one attached hydrogen (secondary N) is 2. The highest BCUT2D eigenvalue weighted by Gasteiger charge is 2.38. The fraction of sp³-hybridized carbons (Fsp3) is 0.467. The second kappa shape index (κ2) is 7.08. The summed E-state index contributed by atoms with van der Waals surface area (Å²) in [5.74, 6) is -1.60. The van der Waals surface area contributed by atoms with E-state index in [-0.39, 0.29) is 24.4 Å². The van der Waals surface area contributed by atoms with Crippen LogP contribution in [0.5, 0.6) is 0 Å². The van der Waals surface area contributed by atoms with Crippen molar-refractivity contribution < 1.29 is 22.5 Å². The third kappa shape index (κ3) is 4.46. The number of halogens is 3. The summed E-state index contributed by atoms with van der Waals surface area (Å²) in [7, 11) is 0. The number of alkyl halides is 3. The Morgan fingerprint density at radius 2 is 2.04 bits per heavy atom. The molecular weight excluding hydrogens is 339 g/mol. The number of nitrogens with zero attached hydrogens (tertiary/aromatic N) is 3. The van der Waals surface area contributed by atoms with E-state index in [0.29, 0.717) is 11.3 Å². The van der Waals surface area contributed by atoms with Gasteiger partial charge in [-0.1, -0.05) is 18.0 Å². The molecule has 25 heavy (non-hydrogen) atoms. The molecule has 1 fully saturated rings. The van der Waals surface area contributed by atoms with Gasteiger partial charge in [-0.3, -0.25) is 4.98 Å². The fourth-order valence-electron chi connectivity index (χ4n) is 2.59. The second-order valence-corrected chi connectivity index (χ2v) is 5.77. The minimum atomic E-state index is -4.69. The molecule has 3 rings (SSSR count). The van der Waals surface area contributed by atoms with Crippen molar-refractivity contribution in [3.8, 4) is 11.4 Å². The van der Waals surface area contributed by atoms with Gasteiger partial charge in [0.2, 0.25) is 5.82 Å². The van der Waals surface area contributed by atoms with Crippen LogP contribution in [-0.2, 0) is 12.7 Å². The predicted octanol–water partition coefficient (Wildman–Crippen LogP) is 2.89. The molecule has 2 N–H and O–H groups in total. The Balaban J connectivity index is 1.55. The third-order valence-corrected chi connectivity index (χ3v) is 3.87. The zero-order chi connectivity index (χ0) is 17.9. The zero-order valence-electron chi connectivity index (χ0n) is 13.1. The van der Waals surface area contributed by atoms with Gasteiger partial charge in [0.05, 0.1) is 12.2 Å². The number of hydrogen-bond donors (Lipinski definition) is 2. The Hall–Kier alpha value is -2.65. The maximum atomic E-state index is 12.4. The van der Waals surface area contributed by atoms with Crippen LogP contribution in [0, 0.1) is 0 Å². The van der Waals surface area contributed by atoms with E-state index in [9.17, 15) is 18.0 Å². The van der Waals surface area contributed by atoms with Crippen LogP contribution in [0.2, 0.25) is 0 Å².